The fourth-order valence-electron chi connectivity index (χ4n) is 2.69. The maximum atomic E-state index is 11.8. The van der Waals surface area contributed by atoms with Crippen LogP contribution < -0.4 is 16.0 Å². The van der Waals surface area contributed by atoms with Gasteiger partial charge in [-0.25, -0.2) is 4.79 Å². The average molecular weight is 539 g/mol. The Morgan fingerprint density at radius 3 is 2.42 bits per heavy atom. The minimum atomic E-state index is -0.516. The number of pyridine rings is 1. The van der Waals surface area contributed by atoms with Crippen LogP contribution in [0.15, 0.2) is 53.8 Å². The first-order valence-corrected chi connectivity index (χ1v) is 10.4. The molecule has 1 aromatic carbocycles. The Kier molecular flexibility index (Phi) is 11.9. The lowest BCUT2D eigenvalue weighted by atomic mass is 10.1. The van der Waals surface area contributed by atoms with Crippen molar-refractivity contribution in [3.8, 4) is 0 Å². The molecule has 1 amide bonds. The second kappa shape index (κ2) is 13.8. The van der Waals surface area contributed by atoms with E-state index in [2.05, 4.69) is 38.9 Å². The summed E-state index contributed by atoms with van der Waals surface area (Å²) < 4.78 is 5.26. The van der Waals surface area contributed by atoms with Crippen molar-refractivity contribution >= 4 is 41.7 Å². The second-order valence-electron chi connectivity index (χ2n) is 7.87. The number of benzene rings is 1. The van der Waals surface area contributed by atoms with Gasteiger partial charge in [-0.15, -0.1) is 24.0 Å². The molecule has 0 saturated heterocycles. The highest BCUT2D eigenvalue weighted by atomic mass is 127. The molecule has 0 bridgehead atoms. The average Bonchev–Trinajstić information content (AvgIpc) is 2.69. The van der Waals surface area contributed by atoms with Crippen LogP contribution in [0.4, 0.5) is 10.5 Å². The predicted octanol–water partition coefficient (Wildman–Crippen LogP) is 4.39. The number of nitrogens with one attached hydrogen (secondary N) is 3. The quantitative estimate of drug-likeness (QED) is 0.263. The molecule has 0 aliphatic heterocycles. The van der Waals surface area contributed by atoms with Crippen LogP contribution in [-0.4, -0.2) is 42.3 Å². The summed E-state index contributed by atoms with van der Waals surface area (Å²) >= 11 is 0. The molecule has 8 heteroatoms. The van der Waals surface area contributed by atoms with Gasteiger partial charge in [0.2, 0.25) is 0 Å². The molecule has 1 heterocycles. The number of aromatic nitrogens is 1. The van der Waals surface area contributed by atoms with E-state index in [1.807, 2.05) is 57.3 Å². The fourth-order valence-corrected chi connectivity index (χ4v) is 2.69. The van der Waals surface area contributed by atoms with Gasteiger partial charge in [0, 0.05) is 37.7 Å². The topological polar surface area (TPSA) is 87.6 Å². The predicted molar refractivity (Wildman–Crippen MR) is 137 cm³/mol. The number of guanidine groups is 1. The molecule has 3 N–H and O–H groups in total. The van der Waals surface area contributed by atoms with Gasteiger partial charge in [0.25, 0.3) is 0 Å². The fraction of sp³-hybridized carbons (Fsp3) is 0.435. The molecule has 0 fully saturated rings. The van der Waals surface area contributed by atoms with Crippen molar-refractivity contribution in [2.75, 3.05) is 25.0 Å². The van der Waals surface area contributed by atoms with Gasteiger partial charge in [-0.05, 0) is 69.9 Å². The second-order valence-corrected chi connectivity index (χ2v) is 7.87. The summed E-state index contributed by atoms with van der Waals surface area (Å²) in [6.45, 7) is 9.84. The first-order chi connectivity index (χ1) is 14.4. The van der Waals surface area contributed by atoms with Crippen LogP contribution in [0.1, 0.15) is 38.8 Å². The summed E-state index contributed by atoms with van der Waals surface area (Å²) in [5.41, 5.74) is 2.54. The number of anilines is 1. The Morgan fingerprint density at radius 1 is 1.06 bits per heavy atom. The van der Waals surface area contributed by atoms with Crippen LogP contribution in [0.2, 0.25) is 0 Å². The van der Waals surface area contributed by atoms with E-state index >= 15 is 0 Å². The van der Waals surface area contributed by atoms with Gasteiger partial charge in [-0.1, -0.05) is 18.2 Å². The van der Waals surface area contributed by atoms with Gasteiger partial charge in [0.1, 0.15) is 5.60 Å². The zero-order valence-electron chi connectivity index (χ0n) is 18.8. The van der Waals surface area contributed by atoms with Crippen LogP contribution in [0.5, 0.6) is 0 Å². The Hall–Kier alpha value is -2.36. The van der Waals surface area contributed by atoms with Crippen molar-refractivity contribution < 1.29 is 9.53 Å². The third-order valence-electron chi connectivity index (χ3n) is 4.04. The molecule has 0 spiro atoms. The van der Waals surface area contributed by atoms with E-state index in [0.29, 0.717) is 12.2 Å². The number of halogens is 1. The minimum Gasteiger partial charge on any atom is -0.444 e. The monoisotopic (exact) mass is 539 g/mol. The number of carbonyl (C=O) groups excluding carboxylic acids is 1. The van der Waals surface area contributed by atoms with E-state index in [1.54, 1.807) is 6.20 Å². The number of hydrogen-bond acceptors (Lipinski definition) is 4. The molecule has 170 valence electrons. The van der Waals surface area contributed by atoms with E-state index in [0.717, 1.165) is 37.5 Å². The Bertz CT molecular complexity index is 805. The van der Waals surface area contributed by atoms with Crippen LogP contribution in [0, 0.1) is 0 Å². The lowest BCUT2D eigenvalue weighted by molar-refractivity contribution is 0.0636. The third kappa shape index (κ3) is 11.6. The number of hydrogen-bond donors (Lipinski definition) is 3. The molecule has 31 heavy (non-hydrogen) atoms. The molecule has 7 nitrogen and oxygen atoms in total. The maximum absolute atomic E-state index is 11.8. The van der Waals surface area contributed by atoms with E-state index in [9.17, 15) is 4.79 Å². The summed E-state index contributed by atoms with van der Waals surface area (Å²) in [5, 5.41) is 9.36. The molecule has 0 atom stereocenters. The van der Waals surface area contributed by atoms with Gasteiger partial charge in [-0.2, -0.15) is 0 Å². The van der Waals surface area contributed by atoms with Crippen molar-refractivity contribution in [3.05, 3.63) is 59.9 Å². The normalized spacial score (nSPS) is 11.3. The molecule has 0 unspecified atom stereocenters. The standard InChI is InChI=1S/C23H33N5O2.HI/c1-5-25-21(27-16-13-19-7-6-14-24-17-19)26-15-12-18-8-10-20(11-9-18)28-22(29)30-23(2,3)4;/h6-11,14,17H,5,12-13,15-16H2,1-4H3,(H,28,29)(H2,25,26,27);1H. The number of carbonyl (C=O) groups is 1. The molecule has 2 aromatic rings. The van der Waals surface area contributed by atoms with Gasteiger partial charge in [0.15, 0.2) is 5.96 Å². The molecular formula is C23H34IN5O2. The Balaban J connectivity index is 0.00000480. The SMILES string of the molecule is CCNC(=NCCc1ccc(NC(=O)OC(C)(C)C)cc1)NCCc1cccnc1.I. The van der Waals surface area contributed by atoms with Crippen molar-refractivity contribution in [1.82, 2.24) is 15.6 Å². The summed E-state index contributed by atoms with van der Waals surface area (Å²) in [4.78, 5) is 20.6. The minimum absolute atomic E-state index is 0. The summed E-state index contributed by atoms with van der Waals surface area (Å²) in [6.07, 6.45) is 4.92. The maximum Gasteiger partial charge on any atom is 0.412 e. The molecule has 0 aliphatic carbocycles. The lowest BCUT2D eigenvalue weighted by Crippen LogP contribution is -2.38. The van der Waals surface area contributed by atoms with E-state index in [4.69, 9.17) is 4.74 Å². The van der Waals surface area contributed by atoms with Crippen molar-refractivity contribution in [2.45, 2.75) is 46.1 Å². The van der Waals surface area contributed by atoms with Gasteiger partial charge >= 0.3 is 6.09 Å². The van der Waals surface area contributed by atoms with Gasteiger partial charge in [0.05, 0.1) is 0 Å². The van der Waals surface area contributed by atoms with Crippen molar-refractivity contribution in [1.29, 1.82) is 0 Å². The first-order valence-electron chi connectivity index (χ1n) is 10.4. The van der Waals surface area contributed by atoms with Gasteiger partial charge in [-0.3, -0.25) is 15.3 Å². The van der Waals surface area contributed by atoms with Crippen LogP contribution >= 0.6 is 24.0 Å². The van der Waals surface area contributed by atoms with Gasteiger partial charge < -0.3 is 15.4 Å². The molecule has 0 radical (unpaired) electrons. The number of aliphatic imine (C=N–C) groups is 1. The summed E-state index contributed by atoms with van der Waals surface area (Å²) in [6, 6.07) is 11.7. The molecule has 2 rings (SSSR count). The number of amides is 1. The van der Waals surface area contributed by atoms with Crippen LogP contribution in [0.3, 0.4) is 0 Å². The van der Waals surface area contributed by atoms with Crippen LogP contribution in [0.25, 0.3) is 0 Å². The smallest absolute Gasteiger partial charge is 0.412 e. The van der Waals surface area contributed by atoms with E-state index in [-0.39, 0.29) is 24.0 Å². The molecule has 0 aliphatic rings. The molecule has 1 aromatic heterocycles. The zero-order chi connectivity index (χ0) is 21.8. The largest absolute Gasteiger partial charge is 0.444 e. The third-order valence-corrected chi connectivity index (χ3v) is 4.04. The lowest BCUT2D eigenvalue weighted by Gasteiger charge is -2.19. The summed E-state index contributed by atoms with van der Waals surface area (Å²) in [5.74, 6) is 0.810. The number of rotatable bonds is 8. The van der Waals surface area contributed by atoms with Crippen molar-refractivity contribution in [2.24, 2.45) is 4.99 Å². The number of nitrogens with zero attached hydrogens (tertiary/aromatic N) is 2. The van der Waals surface area contributed by atoms with E-state index in [1.165, 1.54) is 5.56 Å². The van der Waals surface area contributed by atoms with Crippen LogP contribution in [-0.2, 0) is 17.6 Å². The Morgan fingerprint density at radius 2 is 1.81 bits per heavy atom. The highest BCUT2D eigenvalue weighted by Gasteiger charge is 2.16. The molecular weight excluding hydrogens is 505 g/mol. The highest BCUT2D eigenvalue weighted by molar-refractivity contribution is 14.0. The number of ether oxygens (including phenoxy) is 1. The van der Waals surface area contributed by atoms with Crippen molar-refractivity contribution in [3.63, 3.8) is 0 Å². The molecule has 0 saturated carbocycles. The zero-order valence-corrected chi connectivity index (χ0v) is 21.1. The summed E-state index contributed by atoms with van der Waals surface area (Å²) in [7, 11) is 0. The highest BCUT2D eigenvalue weighted by Crippen LogP contribution is 2.13. The van der Waals surface area contributed by atoms with E-state index < -0.39 is 11.7 Å². The first kappa shape index (κ1) is 26.7. The Labute approximate surface area is 202 Å².